The Balaban J connectivity index is 1.48. The van der Waals surface area contributed by atoms with Crippen molar-refractivity contribution in [3.8, 4) is 11.3 Å². The van der Waals surface area contributed by atoms with Gasteiger partial charge in [0.05, 0.1) is 24.1 Å². The van der Waals surface area contributed by atoms with E-state index in [4.69, 9.17) is 0 Å². The number of likely N-dealkylation sites (tertiary alicyclic amines) is 1. The van der Waals surface area contributed by atoms with Crippen LogP contribution in [0.25, 0.3) is 11.3 Å². The van der Waals surface area contributed by atoms with Crippen molar-refractivity contribution < 1.29 is 4.79 Å². The molecule has 1 fully saturated rings. The molecule has 0 saturated carbocycles. The number of hydrogen-bond acceptors (Lipinski definition) is 3. The first-order valence-corrected chi connectivity index (χ1v) is 10.0. The molecule has 1 aliphatic rings. The van der Waals surface area contributed by atoms with Gasteiger partial charge in [0.1, 0.15) is 5.82 Å². The maximum atomic E-state index is 13.0. The number of aromatic nitrogens is 4. The summed E-state index contributed by atoms with van der Waals surface area (Å²) in [6.45, 7) is 2.85. The molecule has 3 aromatic rings. The minimum absolute atomic E-state index is 0.0358. The Morgan fingerprint density at radius 1 is 1.21 bits per heavy atom. The fraction of sp³-hybridized carbons (Fsp3) is 0.409. The summed E-state index contributed by atoms with van der Waals surface area (Å²) in [5.74, 6) is 1.09. The van der Waals surface area contributed by atoms with Gasteiger partial charge in [-0.25, -0.2) is 4.98 Å². The molecule has 0 aliphatic carbocycles. The summed E-state index contributed by atoms with van der Waals surface area (Å²) in [6, 6.07) is 10.2. The van der Waals surface area contributed by atoms with Gasteiger partial charge in [0.25, 0.3) is 0 Å². The molecule has 146 valence electrons. The lowest BCUT2D eigenvalue weighted by Crippen LogP contribution is -2.39. The maximum absolute atomic E-state index is 13.0. The van der Waals surface area contributed by atoms with Gasteiger partial charge in [-0.3, -0.25) is 9.48 Å². The number of rotatable bonds is 5. The Bertz CT molecular complexity index is 943. The molecule has 1 N–H and O–H groups in total. The van der Waals surface area contributed by atoms with E-state index in [1.807, 2.05) is 54.1 Å². The summed E-state index contributed by atoms with van der Waals surface area (Å²) in [5.41, 5.74) is 4.39. The smallest absolute Gasteiger partial charge is 0.223 e. The van der Waals surface area contributed by atoms with Crippen LogP contribution in [0.1, 0.15) is 48.8 Å². The maximum Gasteiger partial charge on any atom is 0.223 e. The molecule has 2 aromatic heterocycles. The van der Waals surface area contributed by atoms with Crippen LogP contribution in [-0.2, 0) is 18.3 Å². The number of hydrogen-bond donors (Lipinski definition) is 1. The second-order valence-electron chi connectivity index (χ2n) is 7.53. The molecule has 1 atom stereocenters. The third kappa shape index (κ3) is 3.72. The number of imidazole rings is 1. The van der Waals surface area contributed by atoms with Gasteiger partial charge >= 0.3 is 0 Å². The summed E-state index contributed by atoms with van der Waals surface area (Å²) in [7, 11) is 1.93. The molecule has 0 spiro atoms. The first-order chi connectivity index (χ1) is 13.6. The van der Waals surface area contributed by atoms with E-state index >= 15 is 0 Å². The first-order valence-electron chi connectivity index (χ1n) is 10.0. The highest BCUT2D eigenvalue weighted by atomic mass is 16.2. The van der Waals surface area contributed by atoms with Crippen LogP contribution >= 0.6 is 0 Å². The summed E-state index contributed by atoms with van der Waals surface area (Å²) in [4.78, 5) is 23.1. The van der Waals surface area contributed by atoms with E-state index < -0.39 is 0 Å². The number of nitrogens with one attached hydrogen (secondary N) is 1. The molecule has 28 heavy (non-hydrogen) atoms. The van der Waals surface area contributed by atoms with E-state index in [2.05, 4.69) is 27.2 Å². The minimum Gasteiger partial charge on any atom is -0.340 e. The summed E-state index contributed by atoms with van der Waals surface area (Å²) in [6.07, 6.45) is 8.12. The molecule has 0 radical (unpaired) electrons. The van der Waals surface area contributed by atoms with Crippen LogP contribution in [0, 0.1) is 6.92 Å². The second kappa shape index (κ2) is 8.00. The van der Waals surface area contributed by atoms with Gasteiger partial charge in [0.2, 0.25) is 5.91 Å². The topological polar surface area (TPSA) is 66.8 Å². The van der Waals surface area contributed by atoms with Gasteiger partial charge in [-0.05, 0) is 43.7 Å². The van der Waals surface area contributed by atoms with Crippen LogP contribution in [0.3, 0.4) is 0 Å². The zero-order valence-corrected chi connectivity index (χ0v) is 16.6. The Morgan fingerprint density at radius 2 is 2.04 bits per heavy atom. The number of H-pyrrole nitrogens is 1. The van der Waals surface area contributed by atoms with Gasteiger partial charge in [-0.1, -0.05) is 30.3 Å². The first kappa shape index (κ1) is 18.5. The zero-order valence-electron chi connectivity index (χ0n) is 16.6. The SMILES string of the molecule is Cc1c(CCC(=O)N2CCCCC2c2ncc(-c3ccccc3)[nH]2)cnn1C. The number of piperidine rings is 1. The minimum atomic E-state index is 0.0358. The molecule has 3 heterocycles. The number of carbonyl (C=O) groups excluding carboxylic acids is 1. The van der Waals surface area contributed by atoms with Crippen molar-refractivity contribution in [1.82, 2.24) is 24.6 Å². The lowest BCUT2D eigenvalue weighted by molar-refractivity contribution is -0.135. The lowest BCUT2D eigenvalue weighted by atomic mass is 10.00. The normalized spacial score (nSPS) is 17.1. The number of aromatic amines is 1. The Morgan fingerprint density at radius 3 is 2.79 bits per heavy atom. The van der Waals surface area contributed by atoms with Crippen molar-refractivity contribution >= 4 is 5.91 Å². The number of amides is 1. The lowest BCUT2D eigenvalue weighted by Gasteiger charge is -2.34. The number of carbonyl (C=O) groups is 1. The fourth-order valence-corrected chi connectivity index (χ4v) is 3.96. The molecular formula is C22H27N5O. The van der Waals surface area contributed by atoms with Gasteiger partial charge < -0.3 is 9.88 Å². The van der Waals surface area contributed by atoms with Crippen LogP contribution in [0.15, 0.2) is 42.7 Å². The van der Waals surface area contributed by atoms with Crippen LogP contribution in [-0.4, -0.2) is 37.1 Å². The van der Waals surface area contributed by atoms with Crippen LogP contribution in [0.4, 0.5) is 0 Å². The summed E-state index contributed by atoms with van der Waals surface area (Å²) in [5, 5.41) is 4.28. The molecule has 1 unspecified atom stereocenters. The van der Waals surface area contributed by atoms with Crippen LogP contribution in [0.5, 0.6) is 0 Å². The molecule has 1 amide bonds. The fourth-order valence-electron chi connectivity index (χ4n) is 3.96. The predicted octanol–water partition coefficient (Wildman–Crippen LogP) is 3.81. The van der Waals surface area contributed by atoms with E-state index in [9.17, 15) is 4.79 Å². The molecule has 6 heteroatoms. The molecule has 0 bridgehead atoms. The monoisotopic (exact) mass is 377 g/mol. The molecular weight excluding hydrogens is 350 g/mol. The van der Waals surface area contributed by atoms with Gasteiger partial charge in [0, 0.05) is 25.7 Å². The third-order valence-corrected chi connectivity index (χ3v) is 5.76. The quantitative estimate of drug-likeness (QED) is 0.735. The van der Waals surface area contributed by atoms with Crippen LogP contribution in [0.2, 0.25) is 0 Å². The van der Waals surface area contributed by atoms with Crippen molar-refractivity contribution in [1.29, 1.82) is 0 Å². The average Bonchev–Trinajstić information content (AvgIpc) is 3.35. The predicted molar refractivity (Wildman–Crippen MR) is 109 cm³/mol. The Hall–Kier alpha value is -2.89. The number of benzene rings is 1. The molecule has 6 nitrogen and oxygen atoms in total. The van der Waals surface area contributed by atoms with E-state index in [-0.39, 0.29) is 11.9 Å². The highest BCUT2D eigenvalue weighted by Gasteiger charge is 2.29. The summed E-state index contributed by atoms with van der Waals surface area (Å²) < 4.78 is 1.86. The van der Waals surface area contributed by atoms with E-state index in [0.29, 0.717) is 6.42 Å². The highest BCUT2D eigenvalue weighted by molar-refractivity contribution is 5.77. The Kier molecular flexibility index (Phi) is 5.28. The van der Waals surface area contributed by atoms with Gasteiger partial charge in [-0.2, -0.15) is 5.10 Å². The van der Waals surface area contributed by atoms with Crippen molar-refractivity contribution in [3.63, 3.8) is 0 Å². The third-order valence-electron chi connectivity index (χ3n) is 5.76. The number of aryl methyl sites for hydroxylation is 2. The molecule has 1 aromatic carbocycles. The summed E-state index contributed by atoms with van der Waals surface area (Å²) >= 11 is 0. The number of nitrogens with zero attached hydrogens (tertiary/aromatic N) is 4. The highest BCUT2D eigenvalue weighted by Crippen LogP contribution is 2.31. The van der Waals surface area contributed by atoms with E-state index in [1.165, 1.54) is 0 Å². The van der Waals surface area contributed by atoms with E-state index in [1.54, 1.807) is 0 Å². The van der Waals surface area contributed by atoms with Crippen LogP contribution < -0.4 is 0 Å². The van der Waals surface area contributed by atoms with Crippen molar-refractivity contribution in [3.05, 3.63) is 59.8 Å². The van der Waals surface area contributed by atoms with Gasteiger partial charge in [0.15, 0.2) is 0 Å². The van der Waals surface area contributed by atoms with Gasteiger partial charge in [-0.15, -0.1) is 0 Å². The average molecular weight is 377 g/mol. The zero-order chi connectivity index (χ0) is 19.5. The molecule has 1 aliphatic heterocycles. The molecule has 4 rings (SSSR count). The van der Waals surface area contributed by atoms with E-state index in [0.717, 1.165) is 60.6 Å². The standard InChI is InChI=1S/C22H27N5O/c1-16-18(14-24-26(16)2)11-12-21(28)27-13-7-6-10-20(27)22-23-15-19(25-22)17-8-4-3-5-9-17/h3-5,8-9,14-15,20H,6-7,10-13H2,1-2H3,(H,23,25). The van der Waals surface area contributed by atoms with Crippen molar-refractivity contribution in [2.45, 2.75) is 45.1 Å². The van der Waals surface area contributed by atoms with Crippen molar-refractivity contribution in [2.75, 3.05) is 6.54 Å². The Labute approximate surface area is 165 Å². The second-order valence-corrected chi connectivity index (χ2v) is 7.53. The largest absolute Gasteiger partial charge is 0.340 e. The van der Waals surface area contributed by atoms with Crippen molar-refractivity contribution in [2.24, 2.45) is 7.05 Å². The molecule has 1 saturated heterocycles.